The quantitative estimate of drug-likeness (QED) is 0.164. The van der Waals surface area contributed by atoms with Gasteiger partial charge in [0.05, 0.1) is 28.0 Å². The zero-order chi connectivity index (χ0) is 51.6. The molecule has 0 bridgehead atoms. The van der Waals surface area contributed by atoms with Gasteiger partial charge in [-0.25, -0.2) is 0 Å². The highest BCUT2D eigenvalue weighted by atomic mass is 32.1. The lowest BCUT2D eigenvalue weighted by Gasteiger charge is -2.51. The third-order valence-corrected chi connectivity index (χ3v) is 19.6. The van der Waals surface area contributed by atoms with E-state index in [1.807, 2.05) is 11.3 Å². The minimum Gasteiger partial charge on any atom is -0.456 e. The Hall–Kier alpha value is -7.54. The Bertz CT molecular complexity index is 4230. The van der Waals surface area contributed by atoms with Crippen LogP contribution in [0.25, 0.3) is 53.2 Å². The molecular weight excluding hydrogens is 942 g/mol. The molecule has 4 aliphatic rings. The van der Waals surface area contributed by atoms with Gasteiger partial charge >= 0.3 is 0 Å². The van der Waals surface area contributed by atoms with Gasteiger partial charge < -0.3 is 19.1 Å². The Morgan fingerprint density at radius 2 is 1.16 bits per heavy atom. The predicted octanol–water partition coefficient (Wildman–Crippen LogP) is 18.0. The van der Waals surface area contributed by atoms with Crippen molar-refractivity contribution in [3.63, 3.8) is 0 Å². The maximum Gasteiger partial charge on any atom is 0.252 e. The van der Waals surface area contributed by atoms with E-state index < -0.39 is 0 Å². The van der Waals surface area contributed by atoms with E-state index in [0.29, 0.717) is 0 Å². The molecule has 1 fully saturated rings. The number of para-hydroxylation sites is 2. The summed E-state index contributed by atoms with van der Waals surface area (Å²) in [7, 11) is 0. The van der Waals surface area contributed by atoms with E-state index in [-0.39, 0.29) is 28.5 Å². The molecule has 2 aromatic heterocycles. The second-order valence-corrected chi connectivity index (χ2v) is 25.8. The normalized spacial score (nSPS) is 18.8. The molecule has 0 saturated heterocycles. The molecule has 0 radical (unpaired) electrons. The number of furan rings is 1. The molecule has 4 nitrogen and oxygen atoms in total. The molecule has 0 N–H and O–H groups in total. The van der Waals surface area contributed by atoms with Gasteiger partial charge in [0.1, 0.15) is 11.2 Å². The zero-order valence-corrected chi connectivity index (χ0v) is 45.7. The largest absolute Gasteiger partial charge is 0.456 e. The molecule has 2 unspecified atom stereocenters. The Morgan fingerprint density at radius 3 is 1.96 bits per heavy atom. The molecular formula is C70H62BN3OS. The third kappa shape index (κ3) is 6.31. The van der Waals surface area contributed by atoms with Crippen LogP contribution < -0.4 is 31.1 Å². The number of thiophene rings is 1. The van der Waals surface area contributed by atoms with Crippen LogP contribution >= 0.6 is 11.3 Å². The Morgan fingerprint density at radius 1 is 0.500 bits per heavy atom. The minimum absolute atomic E-state index is 0.0359. The predicted molar refractivity (Wildman–Crippen MR) is 326 cm³/mol. The third-order valence-electron chi connectivity index (χ3n) is 18.5. The molecule has 0 amide bonds. The van der Waals surface area contributed by atoms with Gasteiger partial charge in [-0.2, -0.15) is 0 Å². The van der Waals surface area contributed by atoms with Crippen molar-refractivity contribution in [1.29, 1.82) is 0 Å². The Kier molecular flexibility index (Phi) is 9.65. The molecule has 3 aliphatic heterocycles. The average Bonchev–Trinajstić information content (AvgIpc) is 4.23. The van der Waals surface area contributed by atoms with E-state index >= 15 is 0 Å². The van der Waals surface area contributed by atoms with E-state index in [0.717, 1.165) is 40.5 Å². The van der Waals surface area contributed by atoms with Crippen LogP contribution in [0.5, 0.6) is 0 Å². The summed E-state index contributed by atoms with van der Waals surface area (Å²) in [5, 5.41) is 4.87. The van der Waals surface area contributed by atoms with E-state index in [2.05, 4.69) is 252 Å². The molecule has 11 aromatic rings. The highest BCUT2D eigenvalue weighted by Crippen LogP contribution is 2.62. The lowest BCUT2D eigenvalue weighted by molar-refractivity contribution is 0.195. The molecule has 15 rings (SSSR count). The number of fused-ring (bicyclic) bond motifs is 14. The summed E-state index contributed by atoms with van der Waals surface area (Å²) in [5.74, 6) is 0. The second-order valence-electron chi connectivity index (χ2n) is 24.8. The van der Waals surface area contributed by atoms with Gasteiger partial charge in [-0.1, -0.05) is 177 Å². The van der Waals surface area contributed by atoms with Crippen molar-refractivity contribution in [2.45, 2.75) is 103 Å². The van der Waals surface area contributed by atoms with Crippen LogP contribution in [0, 0.1) is 0 Å². The van der Waals surface area contributed by atoms with Crippen molar-refractivity contribution in [1.82, 2.24) is 0 Å². The lowest BCUT2D eigenvalue weighted by Crippen LogP contribution is -2.61. The van der Waals surface area contributed by atoms with E-state index in [4.69, 9.17) is 4.42 Å². The van der Waals surface area contributed by atoms with Crippen molar-refractivity contribution < 1.29 is 4.42 Å². The molecule has 372 valence electrons. The van der Waals surface area contributed by atoms with Gasteiger partial charge in [0.15, 0.2) is 0 Å². The highest BCUT2D eigenvalue weighted by Gasteiger charge is 2.58. The molecule has 9 aromatic carbocycles. The highest BCUT2D eigenvalue weighted by molar-refractivity contribution is 7.26. The molecule has 1 aliphatic carbocycles. The van der Waals surface area contributed by atoms with Crippen LogP contribution in [0.4, 0.5) is 45.5 Å². The van der Waals surface area contributed by atoms with E-state index in [9.17, 15) is 0 Å². The lowest BCUT2D eigenvalue weighted by atomic mass is 9.33. The summed E-state index contributed by atoms with van der Waals surface area (Å²) in [5.41, 5.74) is 21.7. The first-order valence-corrected chi connectivity index (χ1v) is 28.4. The van der Waals surface area contributed by atoms with Gasteiger partial charge in [-0.15, -0.1) is 11.3 Å². The van der Waals surface area contributed by atoms with Gasteiger partial charge in [-0.05, 0) is 136 Å². The van der Waals surface area contributed by atoms with Crippen LogP contribution in [0.2, 0.25) is 0 Å². The number of hydrogen-bond acceptors (Lipinski definition) is 5. The van der Waals surface area contributed by atoms with Crippen LogP contribution in [0.1, 0.15) is 97.8 Å². The van der Waals surface area contributed by atoms with Gasteiger partial charge in [0, 0.05) is 65.0 Å². The maximum atomic E-state index is 6.76. The summed E-state index contributed by atoms with van der Waals surface area (Å²) in [6.45, 7) is 19.1. The number of benzene rings is 9. The topological polar surface area (TPSA) is 22.9 Å². The molecule has 76 heavy (non-hydrogen) atoms. The smallest absolute Gasteiger partial charge is 0.252 e. The molecule has 0 spiro atoms. The van der Waals surface area contributed by atoms with Crippen molar-refractivity contribution in [2.24, 2.45) is 0 Å². The van der Waals surface area contributed by atoms with Gasteiger partial charge in [0.2, 0.25) is 0 Å². The summed E-state index contributed by atoms with van der Waals surface area (Å²) in [6.07, 6.45) is 4.70. The summed E-state index contributed by atoms with van der Waals surface area (Å²) in [6, 6.07) is 69.8. The molecule has 1 saturated carbocycles. The monoisotopic (exact) mass is 1000 g/mol. The van der Waals surface area contributed by atoms with Crippen molar-refractivity contribution in [2.75, 3.05) is 14.7 Å². The van der Waals surface area contributed by atoms with E-state index in [1.54, 1.807) is 0 Å². The standard InChI is InChI=1S/C70H62BN3OS/c1-67(2,3)44-31-34-53(49(39-44)43-21-10-9-11-22-43)73-58-42-46(74-54-26-15-14-25-50(54)69(7)37-18-19-38-70(69,74)8)41-57-65(58)71(51-33-36-62-64(66(51)73)48-24-13-17-30-61(48)76-62)52-40-45(68(4,5)6)32-35-55(52)72(57)56-27-20-29-60-63(56)47-23-12-16-28-59(47)75-60/h9-17,20-36,39-42H,18-19,37-38H2,1-8H3. The van der Waals surface area contributed by atoms with Crippen LogP contribution in [-0.4, -0.2) is 12.3 Å². The summed E-state index contributed by atoms with van der Waals surface area (Å²) in [4.78, 5) is 8.17. The first-order valence-electron chi connectivity index (χ1n) is 27.6. The summed E-state index contributed by atoms with van der Waals surface area (Å²) < 4.78 is 9.37. The van der Waals surface area contributed by atoms with Crippen molar-refractivity contribution >= 4 is 122 Å². The first-order chi connectivity index (χ1) is 36.7. The first kappa shape index (κ1) is 45.8. The Balaban J connectivity index is 1.14. The number of hydrogen-bond donors (Lipinski definition) is 0. The maximum absolute atomic E-state index is 6.76. The van der Waals surface area contributed by atoms with Crippen LogP contribution in [0.15, 0.2) is 186 Å². The van der Waals surface area contributed by atoms with Gasteiger partial charge in [-0.3, -0.25) is 0 Å². The minimum atomic E-state index is -0.174. The number of rotatable bonds is 4. The van der Waals surface area contributed by atoms with Crippen LogP contribution in [0.3, 0.4) is 0 Å². The Labute approximate surface area is 451 Å². The van der Waals surface area contributed by atoms with Crippen LogP contribution in [-0.2, 0) is 16.2 Å². The molecule has 5 heterocycles. The fourth-order valence-electron chi connectivity index (χ4n) is 14.5. The average molecular weight is 1000 g/mol. The fourth-order valence-corrected chi connectivity index (χ4v) is 15.6. The molecule has 6 heteroatoms. The van der Waals surface area contributed by atoms with Gasteiger partial charge in [0.25, 0.3) is 6.71 Å². The van der Waals surface area contributed by atoms with Crippen molar-refractivity contribution in [3.05, 3.63) is 199 Å². The zero-order valence-electron chi connectivity index (χ0n) is 44.9. The number of anilines is 8. The van der Waals surface area contributed by atoms with Crippen molar-refractivity contribution in [3.8, 4) is 11.1 Å². The second kappa shape index (κ2) is 16.0. The fraction of sp³-hybridized carbons (Fsp3) is 0.229. The van der Waals surface area contributed by atoms with E-state index in [1.165, 1.54) is 117 Å². The molecule has 2 atom stereocenters. The SMILES string of the molecule is CC(C)(C)c1ccc2c(c1)B1c3ccc4sc5ccccc5c4c3N(c3ccc(C(C)(C)C)cc3-c3ccccc3)c3cc(N4c5ccccc5C5(C)CCCCC45C)cc(c31)N2c1cccc2oc3ccccc3c12. The summed E-state index contributed by atoms with van der Waals surface area (Å²) >= 11 is 1.91. The number of nitrogens with zero attached hydrogens (tertiary/aromatic N) is 3.